The monoisotopic (exact) mass is 470 g/mol. The predicted molar refractivity (Wildman–Crippen MR) is 116 cm³/mol. The third-order valence-corrected chi connectivity index (χ3v) is 5.40. The van der Waals surface area contributed by atoms with Crippen molar-refractivity contribution in [3.05, 3.63) is 57.1 Å². The summed E-state index contributed by atoms with van der Waals surface area (Å²) in [5.74, 6) is -0.192. The summed E-state index contributed by atoms with van der Waals surface area (Å²) in [6, 6.07) is 8.23. The minimum atomic E-state index is -3.88. The molecule has 2 aromatic rings. The fourth-order valence-corrected chi connectivity index (χ4v) is 3.47. The van der Waals surface area contributed by atoms with Crippen molar-refractivity contribution in [2.45, 2.75) is 0 Å². The summed E-state index contributed by atoms with van der Waals surface area (Å²) >= 11 is 5.96. The Morgan fingerprint density at radius 3 is 2.55 bits per heavy atom. The Hall–Kier alpha value is -3.38. The van der Waals surface area contributed by atoms with E-state index in [-0.39, 0.29) is 27.7 Å². The SMILES string of the molecule is COc1ccc(OC)c(N(CC(=O)N/N=C\c2cc([N+](=O)[O-])ccc2Cl)S(C)(=O)=O)c1. The third kappa shape index (κ3) is 6.30. The van der Waals surface area contributed by atoms with E-state index in [1.165, 1.54) is 44.6 Å². The highest BCUT2D eigenvalue weighted by molar-refractivity contribution is 7.92. The molecule has 0 saturated carbocycles. The Morgan fingerprint density at radius 1 is 1.26 bits per heavy atom. The Morgan fingerprint density at radius 2 is 1.97 bits per heavy atom. The lowest BCUT2D eigenvalue weighted by Gasteiger charge is -2.23. The molecule has 166 valence electrons. The molecule has 0 aliphatic carbocycles. The van der Waals surface area contributed by atoms with Crippen LogP contribution >= 0.6 is 11.6 Å². The number of ether oxygens (including phenoxy) is 2. The average Bonchev–Trinajstić information content (AvgIpc) is 2.71. The van der Waals surface area contributed by atoms with E-state index >= 15 is 0 Å². The number of carbonyl (C=O) groups excluding carboxylic acids is 1. The summed E-state index contributed by atoms with van der Waals surface area (Å²) in [5, 5.41) is 14.7. The van der Waals surface area contributed by atoms with Crippen molar-refractivity contribution in [3.63, 3.8) is 0 Å². The molecule has 0 bridgehead atoms. The predicted octanol–water partition coefficient (Wildman–Crippen LogP) is 2.18. The lowest BCUT2D eigenvalue weighted by atomic mass is 10.2. The van der Waals surface area contributed by atoms with Gasteiger partial charge in [-0.2, -0.15) is 5.10 Å². The molecule has 0 atom stereocenters. The van der Waals surface area contributed by atoms with Gasteiger partial charge in [-0.3, -0.25) is 19.2 Å². The van der Waals surface area contributed by atoms with E-state index in [4.69, 9.17) is 21.1 Å². The molecule has 2 aromatic carbocycles. The molecule has 0 saturated heterocycles. The van der Waals surface area contributed by atoms with Crippen LogP contribution in [0.15, 0.2) is 41.5 Å². The zero-order chi connectivity index (χ0) is 23.2. The summed E-state index contributed by atoms with van der Waals surface area (Å²) in [5.41, 5.74) is 2.27. The number of nitrogens with zero attached hydrogens (tertiary/aromatic N) is 3. The number of amides is 1. The van der Waals surface area contributed by atoms with Crippen molar-refractivity contribution < 1.29 is 27.6 Å². The number of hydrogen-bond acceptors (Lipinski definition) is 8. The first-order chi connectivity index (χ1) is 14.6. The number of sulfonamides is 1. The summed E-state index contributed by atoms with van der Waals surface area (Å²) < 4.78 is 35.8. The van der Waals surface area contributed by atoms with Crippen LogP contribution in [0.4, 0.5) is 11.4 Å². The normalized spacial score (nSPS) is 11.2. The van der Waals surface area contributed by atoms with Crippen LogP contribution in [0, 0.1) is 10.1 Å². The van der Waals surface area contributed by atoms with E-state index in [2.05, 4.69) is 10.5 Å². The van der Waals surface area contributed by atoms with Gasteiger partial charge < -0.3 is 9.47 Å². The van der Waals surface area contributed by atoms with Gasteiger partial charge >= 0.3 is 0 Å². The van der Waals surface area contributed by atoms with Crippen LogP contribution in [-0.4, -0.2) is 52.5 Å². The van der Waals surface area contributed by atoms with Crippen LogP contribution in [0.25, 0.3) is 0 Å². The van der Waals surface area contributed by atoms with Gasteiger partial charge in [0.05, 0.1) is 37.3 Å². The van der Waals surface area contributed by atoms with Gasteiger partial charge in [0.2, 0.25) is 10.0 Å². The van der Waals surface area contributed by atoms with Crippen LogP contribution in [-0.2, 0) is 14.8 Å². The second-order valence-electron chi connectivity index (χ2n) is 6.06. The molecule has 0 aliphatic rings. The van der Waals surface area contributed by atoms with E-state index < -0.39 is 27.4 Å². The highest BCUT2D eigenvalue weighted by Crippen LogP contribution is 2.33. The van der Waals surface area contributed by atoms with Gasteiger partial charge in [0.1, 0.15) is 18.0 Å². The van der Waals surface area contributed by atoms with Gasteiger partial charge in [-0.1, -0.05) is 11.6 Å². The molecule has 0 radical (unpaired) electrons. The van der Waals surface area contributed by atoms with Gasteiger partial charge in [-0.05, 0) is 18.2 Å². The minimum absolute atomic E-state index is 0.102. The maximum atomic E-state index is 12.3. The zero-order valence-corrected chi connectivity index (χ0v) is 18.3. The van der Waals surface area contributed by atoms with E-state index in [0.29, 0.717) is 5.75 Å². The highest BCUT2D eigenvalue weighted by atomic mass is 35.5. The smallest absolute Gasteiger partial charge is 0.270 e. The van der Waals surface area contributed by atoms with E-state index in [1.54, 1.807) is 6.07 Å². The maximum absolute atomic E-state index is 12.3. The molecule has 0 heterocycles. The van der Waals surface area contributed by atoms with Crippen LogP contribution in [0.1, 0.15) is 5.56 Å². The summed E-state index contributed by atoms with van der Waals surface area (Å²) in [6.45, 7) is -0.609. The number of nitrogens with one attached hydrogen (secondary N) is 1. The number of hydrazone groups is 1. The van der Waals surface area contributed by atoms with E-state index in [0.717, 1.165) is 16.8 Å². The quantitative estimate of drug-likeness (QED) is 0.336. The van der Waals surface area contributed by atoms with Crippen molar-refractivity contribution in [1.82, 2.24) is 5.43 Å². The van der Waals surface area contributed by atoms with Crippen molar-refractivity contribution in [2.75, 3.05) is 31.3 Å². The number of benzene rings is 2. The number of nitro groups is 1. The average molecular weight is 471 g/mol. The second-order valence-corrected chi connectivity index (χ2v) is 8.38. The summed E-state index contributed by atoms with van der Waals surface area (Å²) in [6.07, 6.45) is 2.05. The maximum Gasteiger partial charge on any atom is 0.270 e. The summed E-state index contributed by atoms with van der Waals surface area (Å²) in [7, 11) is -1.11. The number of rotatable bonds is 9. The fourth-order valence-electron chi connectivity index (χ4n) is 2.46. The minimum Gasteiger partial charge on any atom is -0.497 e. The lowest BCUT2D eigenvalue weighted by Crippen LogP contribution is -2.39. The number of nitro benzene ring substituents is 1. The first kappa shape index (κ1) is 23.9. The van der Waals surface area contributed by atoms with Gasteiger partial charge in [0.15, 0.2) is 0 Å². The second kappa shape index (κ2) is 10.1. The first-order valence-electron chi connectivity index (χ1n) is 8.52. The molecule has 0 spiro atoms. The van der Waals surface area contributed by atoms with E-state index in [9.17, 15) is 23.3 Å². The molecule has 1 N–H and O–H groups in total. The molecule has 13 heteroatoms. The van der Waals surface area contributed by atoms with Crippen LogP contribution in [0.2, 0.25) is 5.02 Å². The van der Waals surface area contributed by atoms with Crippen LogP contribution in [0.3, 0.4) is 0 Å². The zero-order valence-electron chi connectivity index (χ0n) is 16.7. The fraction of sp³-hybridized carbons (Fsp3) is 0.222. The molecule has 0 unspecified atom stereocenters. The number of non-ortho nitro benzene ring substituents is 1. The van der Waals surface area contributed by atoms with Gasteiger partial charge in [0.25, 0.3) is 11.6 Å². The molecule has 0 fully saturated rings. The molecular weight excluding hydrogens is 452 g/mol. The standard InChI is InChI=1S/C18H19ClN4O7S/c1-29-14-5-7-17(30-2)16(9-14)22(31(3,27)28)11-18(24)21-20-10-12-8-13(23(25)26)4-6-15(12)19/h4-10H,11H2,1-3H3,(H,21,24)/b20-10-. The van der Waals surface area contributed by atoms with Gasteiger partial charge in [-0.15, -0.1) is 0 Å². The molecule has 11 nitrogen and oxygen atoms in total. The largest absolute Gasteiger partial charge is 0.497 e. The van der Waals surface area contributed by atoms with Crippen molar-refractivity contribution in [1.29, 1.82) is 0 Å². The molecule has 0 aromatic heterocycles. The Kier molecular flexibility index (Phi) is 7.78. The van der Waals surface area contributed by atoms with Gasteiger partial charge in [-0.25, -0.2) is 13.8 Å². The number of methoxy groups -OCH3 is 2. The number of carbonyl (C=O) groups is 1. The van der Waals surface area contributed by atoms with E-state index in [1.807, 2.05) is 0 Å². The molecular formula is C18H19ClN4O7S. The van der Waals surface area contributed by atoms with Gasteiger partial charge in [0, 0.05) is 28.8 Å². The lowest BCUT2D eigenvalue weighted by molar-refractivity contribution is -0.384. The van der Waals surface area contributed by atoms with Crippen LogP contribution < -0.4 is 19.2 Å². The molecule has 1 amide bonds. The highest BCUT2D eigenvalue weighted by Gasteiger charge is 2.24. The Balaban J connectivity index is 2.23. The van der Waals surface area contributed by atoms with Crippen molar-refractivity contribution >= 4 is 45.1 Å². The van der Waals surface area contributed by atoms with Crippen molar-refractivity contribution in [3.8, 4) is 11.5 Å². The topological polar surface area (TPSA) is 140 Å². The Labute approximate surface area is 183 Å². The molecule has 31 heavy (non-hydrogen) atoms. The first-order valence-corrected chi connectivity index (χ1v) is 10.7. The Bertz CT molecular complexity index is 1120. The van der Waals surface area contributed by atoms with Crippen molar-refractivity contribution in [2.24, 2.45) is 5.10 Å². The number of anilines is 1. The molecule has 2 rings (SSSR count). The molecule has 0 aliphatic heterocycles. The van der Waals surface area contributed by atoms with Crippen LogP contribution in [0.5, 0.6) is 11.5 Å². The summed E-state index contributed by atoms with van der Waals surface area (Å²) in [4.78, 5) is 22.6. The third-order valence-electron chi connectivity index (χ3n) is 3.93. The number of hydrogen-bond donors (Lipinski definition) is 1. The number of halogens is 1.